The van der Waals surface area contributed by atoms with E-state index in [1.54, 1.807) is 0 Å². The third-order valence-corrected chi connectivity index (χ3v) is 5.33. The summed E-state index contributed by atoms with van der Waals surface area (Å²) >= 11 is 1.36. The van der Waals surface area contributed by atoms with Crippen LogP contribution in [0.15, 0.2) is 0 Å². The van der Waals surface area contributed by atoms with Crippen LogP contribution in [-0.4, -0.2) is 48.5 Å². The highest BCUT2D eigenvalue weighted by atomic mass is 32.1. The molecule has 2 heterocycles. The van der Waals surface area contributed by atoms with Crippen molar-refractivity contribution in [2.45, 2.75) is 31.7 Å². The number of nitrogens with two attached hydrogens (primary N) is 1. The van der Waals surface area contributed by atoms with Crippen LogP contribution in [-0.2, 0) is 0 Å². The van der Waals surface area contributed by atoms with Gasteiger partial charge in [-0.05, 0) is 45.2 Å². The molecule has 1 amide bonds. The van der Waals surface area contributed by atoms with Crippen LogP contribution in [0.5, 0.6) is 0 Å². The lowest BCUT2D eigenvalue weighted by Gasteiger charge is -2.25. The number of nitrogens with zero attached hydrogens (tertiary/aromatic N) is 2. The van der Waals surface area contributed by atoms with Crippen molar-refractivity contribution in [1.29, 1.82) is 0 Å². The first kappa shape index (κ1) is 14.6. The van der Waals surface area contributed by atoms with E-state index < -0.39 is 0 Å². The lowest BCUT2D eigenvalue weighted by Crippen LogP contribution is -2.30. The number of hydrogen-bond donors (Lipinski definition) is 3. The van der Waals surface area contributed by atoms with E-state index in [-0.39, 0.29) is 5.91 Å². The second kappa shape index (κ2) is 6.19. The molecule has 21 heavy (non-hydrogen) atoms. The molecule has 4 N–H and O–H groups in total. The molecule has 1 atom stereocenters. The number of nitrogen functional groups attached to an aromatic ring is 1. The van der Waals surface area contributed by atoms with Crippen LogP contribution >= 0.6 is 11.3 Å². The molecule has 0 aromatic carbocycles. The molecule has 1 saturated heterocycles. The number of nitrogens with one attached hydrogen (secondary N) is 2. The average Bonchev–Trinajstić information content (AvgIpc) is 2.97. The van der Waals surface area contributed by atoms with Crippen molar-refractivity contribution < 1.29 is 4.79 Å². The molecule has 1 saturated carbocycles. The van der Waals surface area contributed by atoms with Gasteiger partial charge in [-0.25, -0.2) is 4.98 Å². The number of carbonyl (C=O) groups excluding carboxylic acids is 1. The van der Waals surface area contributed by atoms with Crippen LogP contribution < -0.4 is 16.4 Å². The van der Waals surface area contributed by atoms with E-state index in [1.165, 1.54) is 30.6 Å². The van der Waals surface area contributed by atoms with Crippen molar-refractivity contribution in [2.75, 3.05) is 37.7 Å². The summed E-state index contributed by atoms with van der Waals surface area (Å²) in [6.45, 7) is 2.87. The van der Waals surface area contributed by atoms with Gasteiger partial charge in [0.05, 0.1) is 0 Å². The molecule has 1 aromatic rings. The molecule has 6 nitrogen and oxygen atoms in total. The number of hydrogen-bond acceptors (Lipinski definition) is 6. The van der Waals surface area contributed by atoms with Gasteiger partial charge in [0.25, 0.3) is 5.91 Å². The van der Waals surface area contributed by atoms with E-state index >= 15 is 0 Å². The highest BCUT2D eigenvalue weighted by molar-refractivity contribution is 7.18. The van der Waals surface area contributed by atoms with Gasteiger partial charge < -0.3 is 21.3 Å². The van der Waals surface area contributed by atoms with E-state index in [1.807, 2.05) is 0 Å². The van der Waals surface area contributed by atoms with Gasteiger partial charge in [-0.15, -0.1) is 0 Å². The zero-order valence-electron chi connectivity index (χ0n) is 12.4. The molecule has 0 spiro atoms. The predicted octanol–water partition coefficient (Wildman–Crippen LogP) is 1.37. The van der Waals surface area contributed by atoms with Crippen LogP contribution in [0.2, 0.25) is 0 Å². The summed E-state index contributed by atoms with van der Waals surface area (Å²) in [6.07, 6.45) is 4.76. The highest BCUT2D eigenvalue weighted by Crippen LogP contribution is 2.29. The Balaban J connectivity index is 1.53. The van der Waals surface area contributed by atoms with Crippen molar-refractivity contribution >= 4 is 28.2 Å². The molecule has 7 heteroatoms. The highest BCUT2D eigenvalue weighted by Gasteiger charge is 2.23. The van der Waals surface area contributed by atoms with E-state index in [0.717, 1.165) is 24.6 Å². The molecule has 116 valence electrons. The van der Waals surface area contributed by atoms with Gasteiger partial charge in [-0.2, -0.15) is 0 Å². The Morgan fingerprint density at radius 1 is 1.48 bits per heavy atom. The zero-order valence-corrected chi connectivity index (χ0v) is 13.2. The Labute approximate surface area is 129 Å². The van der Waals surface area contributed by atoms with Crippen molar-refractivity contribution in [3.8, 4) is 0 Å². The van der Waals surface area contributed by atoms with Crippen LogP contribution in [0.3, 0.4) is 0 Å². The van der Waals surface area contributed by atoms with Crippen molar-refractivity contribution in [3.63, 3.8) is 0 Å². The first-order valence-corrected chi connectivity index (χ1v) is 8.43. The summed E-state index contributed by atoms with van der Waals surface area (Å²) in [6, 6.07) is 0.500. The minimum absolute atomic E-state index is 0.0961. The Morgan fingerprint density at radius 2 is 2.29 bits per heavy atom. The second-order valence-corrected chi connectivity index (χ2v) is 7.13. The minimum Gasteiger partial charge on any atom is -0.382 e. The van der Waals surface area contributed by atoms with Crippen molar-refractivity contribution in [1.82, 2.24) is 15.2 Å². The maximum absolute atomic E-state index is 12.2. The number of carbonyl (C=O) groups is 1. The number of aromatic nitrogens is 1. The molecule has 1 aromatic heterocycles. The molecule has 2 fully saturated rings. The third kappa shape index (κ3) is 3.47. The number of likely N-dealkylation sites (tertiary alicyclic amines) is 1. The summed E-state index contributed by atoms with van der Waals surface area (Å²) in [5.74, 6) is 0.782. The first-order chi connectivity index (χ1) is 10.1. The quantitative estimate of drug-likeness (QED) is 0.765. The first-order valence-electron chi connectivity index (χ1n) is 7.61. The van der Waals surface area contributed by atoms with Gasteiger partial charge in [0.2, 0.25) is 0 Å². The molecule has 2 aliphatic rings. The largest absolute Gasteiger partial charge is 0.382 e. The smallest absolute Gasteiger partial charge is 0.265 e. The molecule has 0 bridgehead atoms. The van der Waals surface area contributed by atoms with E-state index in [4.69, 9.17) is 5.73 Å². The maximum Gasteiger partial charge on any atom is 0.265 e. The monoisotopic (exact) mass is 309 g/mol. The van der Waals surface area contributed by atoms with Gasteiger partial charge in [-0.3, -0.25) is 4.79 Å². The number of amides is 1. The van der Waals surface area contributed by atoms with Crippen molar-refractivity contribution in [2.24, 2.45) is 5.92 Å². The number of thiazole rings is 1. The average molecular weight is 309 g/mol. The SMILES string of the molecule is CN1CCC(CNC(=O)c2sc(NC3CCC3)nc2N)C1. The summed E-state index contributed by atoms with van der Waals surface area (Å²) in [5, 5.41) is 7.10. The molecule has 1 aliphatic carbocycles. The van der Waals surface area contributed by atoms with Crippen LogP contribution in [0.4, 0.5) is 10.9 Å². The molecular weight excluding hydrogens is 286 g/mol. The third-order valence-electron chi connectivity index (χ3n) is 4.33. The van der Waals surface area contributed by atoms with Crippen LogP contribution in [0.1, 0.15) is 35.4 Å². The Bertz CT molecular complexity index is 513. The van der Waals surface area contributed by atoms with Gasteiger partial charge in [-0.1, -0.05) is 11.3 Å². The normalized spacial score (nSPS) is 23.0. The topological polar surface area (TPSA) is 83.3 Å². The fourth-order valence-corrected chi connectivity index (χ4v) is 3.67. The lowest BCUT2D eigenvalue weighted by molar-refractivity contribution is 0.0952. The Hall–Kier alpha value is -1.34. The van der Waals surface area contributed by atoms with E-state index in [0.29, 0.717) is 29.2 Å². The molecule has 1 aliphatic heterocycles. The van der Waals surface area contributed by atoms with Gasteiger partial charge in [0.1, 0.15) is 10.7 Å². The molecular formula is C14H23N5OS. The van der Waals surface area contributed by atoms with Gasteiger partial charge in [0, 0.05) is 19.1 Å². The standard InChI is InChI=1S/C14H23N5OS/c1-19-6-5-9(8-19)7-16-13(20)11-12(15)18-14(21-11)17-10-3-2-4-10/h9-10H,2-8,15H2,1H3,(H,16,20)(H,17,18). The van der Waals surface area contributed by atoms with E-state index in [9.17, 15) is 4.79 Å². The fourth-order valence-electron chi connectivity index (χ4n) is 2.79. The summed E-state index contributed by atoms with van der Waals surface area (Å²) in [5.41, 5.74) is 5.87. The molecule has 1 unspecified atom stereocenters. The lowest BCUT2D eigenvalue weighted by atomic mass is 9.93. The maximum atomic E-state index is 12.2. The molecule has 3 rings (SSSR count). The van der Waals surface area contributed by atoms with Crippen molar-refractivity contribution in [3.05, 3.63) is 4.88 Å². The summed E-state index contributed by atoms with van der Waals surface area (Å²) < 4.78 is 0. The minimum atomic E-state index is -0.0961. The second-order valence-electron chi connectivity index (χ2n) is 6.13. The number of anilines is 2. The Kier molecular flexibility index (Phi) is 4.30. The van der Waals surface area contributed by atoms with Gasteiger partial charge >= 0.3 is 0 Å². The summed E-state index contributed by atoms with van der Waals surface area (Å²) in [4.78, 5) is 19.3. The fraction of sp³-hybridized carbons (Fsp3) is 0.714. The van der Waals surface area contributed by atoms with Crippen LogP contribution in [0.25, 0.3) is 0 Å². The zero-order chi connectivity index (χ0) is 14.8. The molecule has 0 radical (unpaired) electrons. The number of rotatable bonds is 5. The van der Waals surface area contributed by atoms with Crippen LogP contribution in [0, 0.1) is 5.92 Å². The summed E-state index contributed by atoms with van der Waals surface area (Å²) in [7, 11) is 2.11. The Morgan fingerprint density at radius 3 is 2.90 bits per heavy atom. The van der Waals surface area contributed by atoms with E-state index in [2.05, 4.69) is 27.6 Å². The predicted molar refractivity (Wildman–Crippen MR) is 85.7 cm³/mol. The van der Waals surface area contributed by atoms with Gasteiger partial charge in [0.15, 0.2) is 5.13 Å².